The number of imidazole rings is 1. The van der Waals surface area contributed by atoms with E-state index in [2.05, 4.69) is 15.3 Å². The molecule has 1 saturated heterocycles. The molecule has 2 aromatic rings. The largest absolute Gasteiger partial charge is 0.365 e. The lowest BCUT2D eigenvalue weighted by Gasteiger charge is -2.32. The van der Waals surface area contributed by atoms with E-state index in [9.17, 15) is 9.18 Å². The van der Waals surface area contributed by atoms with Crippen molar-refractivity contribution < 1.29 is 13.9 Å². The molecule has 0 saturated carbocycles. The van der Waals surface area contributed by atoms with E-state index in [1.165, 1.54) is 12.1 Å². The maximum absolute atomic E-state index is 13.1. The monoisotopic (exact) mass is 291 g/mol. The molecule has 1 aliphatic rings. The maximum Gasteiger partial charge on any atom is 0.252 e. The number of carbonyl (C=O) groups is 1. The predicted molar refractivity (Wildman–Crippen MR) is 76.1 cm³/mol. The second kappa shape index (κ2) is 5.44. The van der Waals surface area contributed by atoms with Gasteiger partial charge in [-0.15, -0.1) is 0 Å². The zero-order valence-corrected chi connectivity index (χ0v) is 11.9. The van der Waals surface area contributed by atoms with Gasteiger partial charge in [0.25, 0.3) is 5.91 Å². The molecule has 1 fully saturated rings. The van der Waals surface area contributed by atoms with Crippen LogP contribution >= 0.6 is 0 Å². The van der Waals surface area contributed by atoms with E-state index in [-0.39, 0.29) is 18.3 Å². The van der Waals surface area contributed by atoms with E-state index in [0.29, 0.717) is 23.5 Å². The maximum atomic E-state index is 13.1. The average molecular weight is 291 g/mol. The summed E-state index contributed by atoms with van der Waals surface area (Å²) in [6.45, 7) is 2.71. The Labute approximate surface area is 121 Å². The number of aromatic nitrogens is 2. The summed E-state index contributed by atoms with van der Waals surface area (Å²) >= 11 is 0. The van der Waals surface area contributed by atoms with Crippen molar-refractivity contribution in [3.05, 3.63) is 29.8 Å². The molecule has 21 heavy (non-hydrogen) atoms. The molecule has 1 aromatic heterocycles. The summed E-state index contributed by atoms with van der Waals surface area (Å²) in [6.07, 6.45) is 2.72. The lowest BCUT2D eigenvalue weighted by atomic mass is 9.95. The third-order valence-corrected chi connectivity index (χ3v) is 3.86. The number of rotatable bonds is 3. The molecule has 5 nitrogen and oxygen atoms in total. The Balaban J connectivity index is 1.67. The molecule has 1 amide bonds. The highest BCUT2D eigenvalue weighted by molar-refractivity contribution is 5.84. The van der Waals surface area contributed by atoms with Gasteiger partial charge < -0.3 is 15.0 Å². The van der Waals surface area contributed by atoms with Gasteiger partial charge in [0.1, 0.15) is 17.2 Å². The highest BCUT2D eigenvalue weighted by atomic mass is 19.1. The van der Waals surface area contributed by atoms with Crippen molar-refractivity contribution in [2.24, 2.45) is 0 Å². The molecule has 1 unspecified atom stereocenters. The number of nitrogens with zero attached hydrogens (tertiary/aromatic N) is 1. The summed E-state index contributed by atoms with van der Waals surface area (Å²) in [7, 11) is 0. The van der Waals surface area contributed by atoms with E-state index < -0.39 is 5.60 Å². The number of halogens is 1. The molecule has 1 atom stereocenters. The van der Waals surface area contributed by atoms with Crippen LogP contribution in [0.5, 0.6) is 0 Å². The molecular weight excluding hydrogens is 273 g/mol. The van der Waals surface area contributed by atoms with Gasteiger partial charge >= 0.3 is 0 Å². The molecule has 2 N–H and O–H groups in total. The number of H-pyrrole nitrogens is 1. The Morgan fingerprint density at radius 2 is 2.38 bits per heavy atom. The smallest absolute Gasteiger partial charge is 0.252 e. The van der Waals surface area contributed by atoms with Crippen molar-refractivity contribution in [1.82, 2.24) is 15.3 Å². The lowest BCUT2D eigenvalue weighted by molar-refractivity contribution is -0.150. The summed E-state index contributed by atoms with van der Waals surface area (Å²) in [5.74, 6) is 0.155. The van der Waals surface area contributed by atoms with E-state index in [0.717, 1.165) is 19.3 Å². The Morgan fingerprint density at radius 1 is 1.52 bits per heavy atom. The minimum absolute atomic E-state index is 0.131. The van der Waals surface area contributed by atoms with Crippen LogP contribution in [0.25, 0.3) is 11.0 Å². The second-order valence-electron chi connectivity index (χ2n) is 5.56. The molecule has 0 spiro atoms. The fourth-order valence-corrected chi connectivity index (χ4v) is 2.58. The summed E-state index contributed by atoms with van der Waals surface area (Å²) < 4.78 is 18.7. The van der Waals surface area contributed by atoms with Crippen LogP contribution in [0.3, 0.4) is 0 Å². The van der Waals surface area contributed by atoms with E-state index in [1.807, 2.05) is 6.92 Å². The Morgan fingerprint density at radius 3 is 3.14 bits per heavy atom. The van der Waals surface area contributed by atoms with Crippen molar-refractivity contribution in [2.45, 2.75) is 38.3 Å². The number of fused-ring (bicyclic) bond motifs is 1. The number of carbonyl (C=O) groups excluding carboxylic acids is 1. The van der Waals surface area contributed by atoms with Gasteiger partial charge in [-0.25, -0.2) is 9.37 Å². The average Bonchev–Trinajstić information content (AvgIpc) is 2.87. The van der Waals surface area contributed by atoms with Gasteiger partial charge in [0.05, 0.1) is 17.6 Å². The quantitative estimate of drug-likeness (QED) is 0.911. The molecule has 0 aliphatic carbocycles. The van der Waals surface area contributed by atoms with E-state index >= 15 is 0 Å². The standard InChI is InChI=1S/C15H18FN3O2/c1-15(6-2-3-7-21-15)14(20)17-9-13-18-11-5-4-10(16)8-12(11)19-13/h4-5,8H,2-3,6-7,9H2,1H3,(H,17,20)(H,18,19). The molecule has 112 valence electrons. The topological polar surface area (TPSA) is 67.0 Å². The molecule has 1 aromatic carbocycles. The Kier molecular flexibility index (Phi) is 3.63. The summed E-state index contributed by atoms with van der Waals surface area (Å²) in [5, 5.41) is 2.83. The summed E-state index contributed by atoms with van der Waals surface area (Å²) in [5.41, 5.74) is 0.552. The molecule has 6 heteroatoms. The van der Waals surface area contributed by atoms with Crippen LogP contribution in [-0.4, -0.2) is 28.1 Å². The third kappa shape index (κ3) is 2.90. The lowest BCUT2D eigenvalue weighted by Crippen LogP contribution is -2.48. The molecule has 3 rings (SSSR count). The van der Waals surface area contributed by atoms with Crippen LogP contribution in [0.2, 0.25) is 0 Å². The van der Waals surface area contributed by atoms with E-state index in [4.69, 9.17) is 4.74 Å². The van der Waals surface area contributed by atoms with Gasteiger partial charge in [-0.2, -0.15) is 0 Å². The number of aromatic amines is 1. The number of ether oxygens (including phenoxy) is 1. The Hall–Kier alpha value is -1.95. The first kappa shape index (κ1) is 14.0. The minimum Gasteiger partial charge on any atom is -0.365 e. The first-order valence-corrected chi connectivity index (χ1v) is 7.13. The zero-order chi connectivity index (χ0) is 14.9. The van der Waals surface area contributed by atoms with Gasteiger partial charge in [-0.1, -0.05) is 0 Å². The van der Waals surface area contributed by atoms with Crippen LogP contribution in [0.4, 0.5) is 4.39 Å². The number of benzene rings is 1. The van der Waals surface area contributed by atoms with Crippen molar-refractivity contribution in [3.63, 3.8) is 0 Å². The molecule has 0 radical (unpaired) electrons. The number of amides is 1. The predicted octanol–water partition coefficient (Wildman–Crippen LogP) is 2.28. The van der Waals surface area contributed by atoms with Crippen molar-refractivity contribution in [1.29, 1.82) is 0 Å². The molecule has 1 aliphatic heterocycles. The van der Waals surface area contributed by atoms with E-state index in [1.54, 1.807) is 6.07 Å². The van der Waals surface area contributed by atoms with Crippen molar-refractivity contribution >= 4 is 16.9 Å². The fraction of sp³-hybridized carbons (Fsp3) is 0.467. The summed E-state index contributed by atoms with van der Waals surface area (Å²) in [4.78, 5) is 19.5. The highest BCUT2D eigenvalue weighted by Crippen LogP contribution is 2.24. The second-order valence-corrected chi connectivity index (χ2v) is 5.56. The van der Waals surface area contributed by atoms with Gasteiger partial charge in [0, 0.05) is 6.61 Å². The highest BCUT2D eigenvalue weighted by Gasteiger charge is 2.35. The first-order chi connectivity index (χ1) is 10.1. The van der Waals surface area contributed by atoms with Crippen LogP contribution in [0, 0.1) is 5.82 Å². The molecule has 0 bridgehead atoms. The minimum atomic E-state index is -0.754. The third-order valence-electron chi connectivity index (χ3n) is 3.86. The van der Waals surface area contributed by atoms with Gasteiger partial charge in [0.15, 0.2) is 0 Å². The van der Waals surface area contributed by atoms with Crippen molar-refractivity contribution in [2.75, 3.05) is 6.61 Å². The van der Waals surface area contributed by atoms with Crippen LogP contribution in [0.1, 0.15) is 32.0 Å². The number of hydrogen-bond donors (Lipinski definition) is 2. The number of nitrogens with one attached hydrogen (secondary N) is 2. The van der Waals surface area contributed by atoms with Crippen molar-refractivity contribution in [3.8, 4) is 0 Å². The van der Waals surface area contributed by atoms with Gasteiger partial charge in [-0.3, -0.25) is 4.79 Å². The molecular formula is C15H18FN3O2. The van der Waals surface area contributed by atoms with Crippen LogP contribution < -0.4 is 5.32 Å². The normalized spacial score (nSPS) is 22.4. The Bertz CT molecular complexity index is 662. The van der Waals surface area contributed by atoms with Gasteiger partial charge in [-0.05, 0) is 44.4 Å². The molecule has 2 heterocycles. The fourth-order valence-electron chi connectivity index (χ4n) is 2.58. The van der Waals surface area contributed by atoms with Crippen LogP contribution in [0.15, 0.2) is 18.2 Å². The zero-order valence-electron chi connectivity index (χ0n) is 11.9. The van der Waals surface area contributed by atoms with Gasteiger partial charge in [0.2, 0.25) is 0 Å². The van der Waals surface area contributed by atoms with Crippen LogP contribution in [-0.2, 0) is 16.1 Å². The number of hydrogen-bond acceptors (Lipinski definition) is 3. The first-order valence-electron chi connectivity index (χ1n) is 7.13. The SMILES string of the molecule is CC1(C(=O)NCc2nc3ccc(F)cc3[nH]2)CCCCO1. The summed E-state index contributed by atoms with van der Waals surface area (Å²) in [6, 6.07) is 4.36.